The number of aliphatic carboxylic acids is 1. The number of carbonyl (C=O) groups is 2. The molecule has 0 aromatic rings. The second-order valence-corrected chi connectivity index (χ2v) is 5.06. The lowest BCUT2D eigenvalue weighted by Gasteiger charge is -2.32. The van der Waals surface area contributed by atoms with E-state index < -0.39 is 12.1 Å². The van der Waals surface area contributed by atoms with Gasteiger partial charge in [-0.05, 0) is 18.8 Å². The highest BCUT2D eigenvalue weighted by Crippen LogP contribution is 2.11. The van der Waals surface area contributed by atoms with Crippen LogP contribution < -0.4 is 5.32 Å². The van der Waals surface area contributed by atoms with Gasteiger partial charge in [-0.2, -0.15) is 0 Å². The molecular weight excluding hydrogens is 248 g/mol. The van der Waals surface area contributed by atoms with Gasteiger partial charge in [0.05, 0.1) is 6.54 Å². The summed E-state index contributed by atoms with van der Waals surface area (Å²) in [6.45, 7) is 8.41. The molecule has 6 nitrogen and oxygen atoms in total. The summed E-state index contributed by atoms with van der Waals surface area (Å²) in [7, 11) is 0. The maximum atomic E-state index is 12.1. The van der Waals surface area contributed by atoms with E-state index in [1.165, 1.54) is 0 Å². The first-order valence-electron chi connectivity index (χ1n) is 6.78. The molecule has 0 aliphatic heterocycles. The van der Waals surface area contributed by atoms with E-state index in [-0.39, 0.29) is 18.6 Å². The molecule has 112 valence electrons. The Kier molecular flexibility index (Phi) is 8.14. The van der Waals surface area contributed by atoms with E-state index >= 15 is 0 Å². The molecule has 2 amide bonds. The number of urea groups is 1. The summed E-state index contributed by atoms with van der Waals surface area (Å²) in [5.74, 6) is -1.01. The first kappa shape index (κ1) is 17.7. The Morgan fingerprint density at radius 2 is 1.74 bits per heavy atom. The quantitative estimate of drug-likeness (QED) is 0.622. The van der Waals surface area contributed by atoms with E-state index in [0.717, 1.165) is 12.8 Å². The standard InChI is InChI=1S/C13H26N2O4/c1-5-10(6-2)15(8-9(3)4)13(19)14-7-11(16)12(17)18/h9-11,16H,5-8H2,1-4H3,(H,14,19)(H,17,18)/t11-/m0/s1. The molecule has 0 aromatic heterocycles. The smallest absolute Gasteiger partial charge is 0.334 e. The van der Waals surface area contributed by atoms with Crippen molar-refractivity contribution in [3.05, 3.63) is 0 Å². The van der Waals surface area contributed by atoms with Gasteiger partial charge in [0.15, 0.2) is 6.10 Å². The van der Waals surface area contributed by atoms with Crippen molar-refractivity contribution in [2.45, 2.75) is 52.7 Å². The molecule has 6 heteroatoms. The molecular formula is C13H26N2O4. The summed E-state index contributed by atoms with van der Waals surface area (Å²) < 4.78 is 0. The topological polar surface area (TPSA) is 89.9 Å². The lowest BCUT2D eigenvalue weighted by Crippen LogP contribution is -2.49. The van der Waals surface area contributed by atoms with Crippen LogP contribution >= 0.6 is 0 Å². The zero-order chi connectivity index (χ0) is 15.0. The molecule has 3 N–H and O–H groups in total. The van der Waals surface area contributed by atoms with Gasteiger partial charge in [-0.3, -0.25) is 0 Å². The highest BCUT2D eigenvalue weighted by molar-refractivity contribution is 5.77. The van der Waals surface area contributed by atoms with Gasteiger partial charge in [0.25, 0.3) is 0 Å². The Morgan fingerprint density at radius 1 is 1.21 bits per heavy atom. The largest absolute Gasteiger partial charge is 0.479 e. The van der Waals surface area contributed by atoms with Crippen LogP contribution in [0.3, 0.4) is 0 Å². The zero-order valence-corrected chi connectivity index (χ0v) is 12.2. The van der Waals surface area contributed by atoms with Crippen LogP contribution in [0.5, 0.6) is 0 Å². The molecule has 0 radical (unpaired) electrons. The third-order valence-electron chi connectivity index (χ3n) is 2.94. The second-order valence-electron chi connectivity index (χ2n) is 5.06. The minimum absolute atomic E-state index is 0.129. The van der Waals surface area contributed by atoms with Crippen molar-refractivity contribution in [1.29, 1.82) is 0 Å². The van der Waals surface area contributed by atoms with E-state index in [4.69, 9.17) is 10.2 Å². The number of aliphatic hydroxyl groups excluding tert-OH is 1. The average Bonchev–Trinajstić information content (AvgIpc) is 2.35. The lowest BCUT2D eigenvalue weighted by molar-refractivity contribution is -0.146. The van der Waals surface area contributed by atoms with Crippen LogP contribution in [0.15, 0.2) is 0 Å². The molecule has 0 saturated heterocycles. The van der Waals surface area contributed by atoms with Gasteiger partial charge in [-0.25, -0.2) is 9.59 Å². The minimum atomic E-state index is -1.56. The molecule has 0 bridgehead atoms. The number of aliphatic hydroxyl groups is 1. The van der Waals surface area contributed by atoms with Crippen molar-refractivity contribution < 1.29 is 19.8 Å². The molecule has 0 aromatic carbocycles. The number of rotatable bonds is 8. The molecule has 1 atom stereocenters. The van der Waals surface area contributed by atoms with Gasteiger partial charge in [-0.15, -0.1) is 0 Å². The molecule has 0 rings (SSSR count). The van der Waals surface area contributed by atoms with Gasteiger partial charge in [-0.1, -0.05) is 27.7 Å². The van der Waals surface area contributed by atoms with Crippen molar-refractivity contribution in [2.75, 3.05) is 13.1 Å². The lowest BCUT2D eigenvalue weighted by atomic mass is 10.1. The monoisotopic (exact) mass is 274 g/mol. The summed E-state index contributed by atoms with van der Waals surface area (Å²) in [4.78, 5) is 24.3. The highest BCUT2D eigenvalue weighted by atomic mass is 16.4. The maximum absolute atomic E-state index is 12.1. The number of carboxylic acids is 1. The van der Waals surface area contributed by atoms with Gasteiger partial charge >= 0.3 is 12.0 Å². The second kappa shape index (κ2) is 8.74. The summed E-state index contributed by atoms with van der Waals surface area (Å²) in [6, 6.07) is -0.188. The molecule has 0 fully saturated rings. The van der Waals surface area contributed by atoms with E-state index in [0.29, 0.717) is 12.5 Å². The highest BCUT2D eigenvalue weighted by Gasteiger charge is 2.23. The van der Waals surface area contributed by atoms with Crippen molar-refractivity contribution in [3.8, 4) is 0 Å². The van der Waals surface area contributed by atoms with Gasteiger partial charge < -0.3 is 20.4 Å². The van der Waals surface area contributed by atoms with Crippen LogP contribution in [-0.4, -0.2) is 52.3 Å². The minimum Gasteiger partial charge on any atom is -0.479 e. The predicted octanol–water partition coefficient (Wildman–Crippen LogP) is 1.29. The predicted molar refractivity (Wildman–Crippen MR) is 73.0 cm³/mol. The van der Waals surface area contributed by atoms with Crippen LogP contribution in [0, 0.1) is 5.92 Å². The number of carboxylic acid groups (broad SMARTS) is 1. The number of carbonyl (C=O) groups excluding carboxylic acids is 1. The first-order valence-corrected chi connectivity index (χ1v) is 6.78. The Bertz CT molecular complexity index is 290. The average molecular weight is 274 g/mol. The normalized spacial score (nSPS) is 12.6. The van der Waals surface area contributed by atoms with Crippen molar-refractivity contribution >= 4 is 12.0 Å². The van der Waals surface area contributed by atoms with E-state index in [9.17, 15) is 9.59 Å². The Hall–Kier alpha value is -1.30. The SMILES string of the molecule is CCC(CC)N(CC(C)C)C(=O)NC[C@H](O)C(=O)O. The molecule has 0 unspecified atom stereocenters. The Morgan fingerprint density at radius 3 is 2.11 bits per heavy atom. The molecule has 0 spiro atoms. The van der Waals surface area contributed by atoms with Crippen molar-refractivity contribution in [1.82, 2.24) is 10.2 Å². The molecule has 19 heavy (non-hydrogen) atoms. The van der Waals surface area contributed by atoms with Crippen molar-refractivity contribution in [3.63, 3.8) is 0 Å². The van der Waals surface area contributed by atoms with Crippen LogP contribution in [0.25, 0.3) is 0 Å². The summed E-state index contributed by atoms with van der Waals surface area (Å²) in [5.41, 5.74) is 0. The van der Waals surface area contributed by atoms with Gasteiger partial charge in [0.2, 0.25) is 0 Å². The fourth-order valence-electron chi connectivity index (χ4n) is 1.89. The van der Waals surface area contributed by atoms with Crippen LogP contribution in [0.1, 0.15) is 40.5 Å². The fourth-order valence-corrected chi connectivity index (χ4v) is 1.89. The maximum Gasteiger partial charge on any atom is 0.334 e. The van der Waals surface area contributed by atoms with Crippen LogP contribution in [0.2, 0.25) is 0 Å². The Balaban J connectivity index is 4.58. The number of hydrogen-bond donors (Lipinski definition) is 3. The van der Waals surface area contributed by atoms with E-state index in [2.05, 4.69) is 5.32 Å². The number of nitrogens with one attached hydrogen (secondary N) is 1. The molecule has 0 aliphatic carbocycles. The third kappa shape index (κ3) is 6.42. The first-order chi connectivity index (χ1) is 8.83. The Labute approximate surface area is 114 Å². The van der Waals surface area contributed by atoms with E-state index in [1.807, 2.05) is 27.7 Å². The summed E-state index contributed by atoms with van der Waals surface area (Å²) in [5, 5.41) is 20.2. The number of hydrogen-bond acceptors (Lipinski definition) is 3. The van der Waals surface area contributed by atoms with Crippen molar-refractivity contribution in [2.24, 2.45) is 5.92 Å². The van der Waals surface area contributed by atoms with Crippen LogP contribution in [-0.2, 0) is 4.79 Å². The molecule has 0 heterocycles. The van der Waals surface area contributed by atoms with Gasteiger partial charge in [0, 0.05) is 12.6 Å². The van der Waals surface area contributed by atoms with Gasteiger partial charge in [0.1, 0.15) is 0 Å². The van der Waals surface area contributed by atoms with Crippen LogP contribution in [0.4, 0.5) is 4.79 Å². The van der Waals surface area contributed by atoms with E-state index in [1.54, 1.807) is 4.90 Å². The molecule has 0 aliphatic rings. The summed E-state index contributed by atoms with van der Waals surface area (Å²) >= 11 is 0. The number of amides is 2. The third-order valence-corrected chi connectivity index (χ3v) is 2.94. The summed E-state index contributed by atoms with van der Waals surface area (Å²) in [6.07, 6.45) is 0.127. The number of nitrogens with zero attached hydrogens (tertiary/aromatic N) is 1. The fraction of sp³-hybridized carbons (Fsp3) is 0.846. The molecule has 0 saturated carbocycles. The zero-order valence-electron chi connectivity index (χ0n) is 12.2.